The van der Waals surface area contributed by atoms with Crippen LogP contribution in [0.1, 0.15) is 16.8 Å². The monoisotopic (exact) mass is 449 g/mol. The third kappa shape index (κ3) is 4.14. The largest absolute Gasteiger partial charge is 0.485 e. The van der Waals surface area contributed by atoms with Crippen molar-refractivity contribution < 1.29 is 13.5 Å². The molecule has 5 rings (SSSR count). The van der Waals surface area contributed by atoms with Gasteiger partial charge in [0.2, 0.25) is 0 Å². The van der Waals surface area contributed by atoms with Gasteiger partial charge in [0, 0.05) is 44.1 Å². The third-order valence-corrected chi connectivity index (χ3v) is 5.89. The quantitative estimate of drug-likeness (QED) is 0.493. The number of halogens is 2. The molecule has 1 aliphatic rings. The Morgan fingerprint density at radius 2 is 1.82 bits per heavy atom. The molecule has 0 aliphatic carbocycles. The van der Waals surface area contributed by atoms with Gasteiger partial charge in [-0.1, -0.05) is 6.07 Å². The smallest absolute Gasteiger partial charge is 0.180 e. The molecule has 0 saturated carbocycles. The summed E-state index contributed by atoms with van der Waals surface area (Å²) in [5.74, 6) is 0.151. The fraction of sp³-hybridized carbons (Fsp3) is 0.280. The summed E-state index contributed by atoms with van der Waals surface area (Å²) in [4.78, 5) is 11.6. The molecule has 4 heterocycles. The van der Waals surface area contributed by atoms with Crippen molar-refractivity contribution >= 4 is 11.5 Å². The third-order valence-electron chi connectivity index (χ3n) is 5.89. The van der Waals surface area contributed by atoms with E-state index in [0.717, 1.165) is 54.5 Å². The highest BCUT2D eigenvalue weighted by Gasteiger charge is 2.19. The second-order valence-electron chi connectivity index (χ2n) is 8.25. The summed E-state index contributed by atoms with van der Waals surface area (Å²) in [5.41, 5.74) is 4.22. The molecule has 0 spiro atoms. The van der Waals surface area contributed by atoms with E-state index in [9.17, 15) is 8.78 Å². The topological polar surface area (TPSA) is 54.7 Å². The maximum atomic E-state index is 14.1. The van der Waals surface area contributed by atoms with E-state index in [1.54, 1.807) is 0 Å². The molecule has 4 aromatic rings. The molecular weight excluding hydrogens is 424 g/mol. The number of pyridine rings is 2. The van der Waals surface area contributed by atoms with Crippen molar-refractivity contribution in [3.8, 4) is 17.0 Å². The minimum atomic E-state index is -0.629. The molecule has 1 aromatic carbocycles. The van der Waals surface area contributed by atoms with Crippen LogP contribution in [0.3, 0.4) is 0 Å². The second-order valence-corrected chi connectivity index (χ2v) is 8.25. The number of aromatic nitrogens is 3. The van der Waals surface area contributed by atoms with Crippen molar-refractivity contribution in [3.05, 3.63) is 77.2 Å². The summed E-state index contributed by atoms with van der Waals surface area (Å²) in [6.45, 7) is 7.36. The average molecular weight is 450 g/mol. The Labute approximate surface area is 190 Å². The molecule has 0 radical (unpaired) electrons. The number of benzene rings is 1. The minimum absolute atomic E-state index is 0.101. The lowest BCUT2D eigenvalue weighted by atomic mass is 10.1. The number of rotatable bonds is 5. The molecule has 0 bridgehead atoms. The van der Waals surface area contributed by atoms with Gasteiger partial charge in [0.1, 0.15) is 24.1 Å². The van der Waals surface area contributed by atoms with Crippen LogP contribution in [0.15, 0.2) is 48.8 Å². The lowest BCUT2D eigenvalue weighted by molar-refractivity contribution is 0.294. The molecule has 0 atom stereocenters. The molecule has 170 valence electrons. The second kappa shape index (κ2) is 8.78. The minimum Gasteiger partial charge on any atom is -0.485 e. The van der Waals surface area contributed by atoms with Gasteiger partial charge in [0.15, 0.2) is 11.4 Å². The van der Waals surface area contributed by atoms with Crippen LogP contribution in [0.5, 0.6) is 5.75 Å². The van der Waals surface area contributed by atoms with E-state index in [1.165, 1.54) is 18.2 Å². The molecule has 1 fully saturated rings. The summed E-state index contributed by atoms with van der Waals surface area (Å²) >= 11 is 0. The number of ether oxygens (including phenoxy) is 1. The van der Waals surface area contributed by atoms with Crippen molar-refractivity contribution in [3.63, 3.8) is 0 Å². The van der Waals surface area contributed by atoms with Crippen LogP contribution in [0, 0.1) is 25.5 Å². The summed E-state index contributed by atoms with van der Waals surface area (Å²) in [6, 6.07) is 9.68. The fourth-order valence-electron chi connectivity index (χ4n) is 4.26. The number of piperazine rings is 1. The Balaban J connectivity index is 1.53. The number of aryl methyl sites for hydroxylation is 2. The predicted octanol–water partition coefficient (Wildman–Crippen LogP) is 4.28. The van der Waals surface area contributed by atoms with E-state index < -0.39 is 11.6 Å². The van der Waals surface area contributed by atoms with Gasteiger partial charge >= 0.3 is 0 Å². The van der Waals surface area contributed by atoms with Crippen LogP contribution < -0.4 is 15.0 Å². The number of hydrogen-bond acceptors (Lipinski definition) is 5. The average Bonchev–Trinajstić information content (AvgIpc) is 3.15. The lowest BCUT2D eigenvalue weighted by Gasteiger charge is -2.28. The van der Waals surface area contributed by atoms with Crippen LogP contribution >= 0.6 is 0 Å². The maximum Gasteiger partial charge on any atom is 0.180 e. The van der Waals surface area contributed by atoms with Crippen molar-refractivity contribution in [2.45, 2.75) is 20.5 Å². The zero-order chi connectivity index (χ0) is 22.9. The van der Waals surface area contributed by atoms with E-state index >= 15 is 0 Å². The number of imidazole rings is 1. The number of hydrogen-bond donors (Lipinski definition) is 1. The number of nitrogens with one attached hydrogen (secondary N) is 1. The number of fused-ring (bicyclic) bond motifs is 1. The van der Waals surface area contributed by atoms with Crippen LogP contribution in [-0.2, 0) is 6.61 Å². The standard InChI is InChI=1S/C25H25F2N5O/c1-16-12-22(33-15-19-20(26)4-3-5-21(19)27)25-30-17(2)24(32(25)14-16)18-6-7-29-23(13-18)31-10-8-28-9-11-31/h3-7,12-14,28H,8-11,15H2,1-2H3. The number of anilines is 1. The Bertz CT molecular complexity index is 1290. The molecule has 3 aromatic heterocycles. The van der Waals surface area contributed by atoms with E-state index in [4.69, 9.17) is 9.72 Å². The van der Waals surface area contributed by atoms with Crippen LogP contribution in [-0.4, -0.2) is 40.5 Å². The molecule has 8 heteroatoms. The molecule has 0 unspecified atom stereocenters. The van der Waals surface area contributed by atoms with E-state index in [2.05, 4.69) is 21.3 Å². The first-order chi connectivity index (χ1) is 16.0. The van der Waals surface area contributed by atoms with Gasteiger partial charge in [-0.15, -0.1) is 0 Å². The van der Waals surface area contributed by atoms with E-state index in [-0.39, 0.29) is 12.2 Å². The van der Waals surface area contributed by atoms with Crippen molar-refractivity contribution in [1.82, 2.24) is 19.7 Å². The van der Waals surface area contributed by atoms with Crippen molar-refractivity contribution in [1.29, 1.82) is 0 Å². The van der Waals surface area contributed by atoms with Crippen LogP contribution in [0.4, 0.5) is 14.6 Å². The van der Waals surface area contributed by atoms with Gasteiger partial charge in [-0.3, -0.25) is 4.40 Å². The number of nitrogens with zero attached hydrogens (tertiary/aromatic N) is 4. The highest BCUT2D eigenvalue weighted by molar-refractivity contribution is 5.72. The molecular formula is C25H25F2N5O. The SMILES string of the molecule is Cc1cc(OCc2c(F)cccc2F)c2nc(C)c(-c3ccnc(N4CCNCC4)c3)n2c1. The molecule has 33 heavy (non-hydrogen) atoms. The highest BCUT2D eigenvalue weighted by atomic mass is 19.1. The molecule has 6 nitrogen and oxygen atoms in total. The summed E-state index contributed by atoms with van der Waals surface area (Å²) in [5, 5.41) is 3.36. The molecule has 0 amide bonds. The Kier molecular flexibility index (Phi) is 5.68. The summed E-state index contributed by atoms with van der Waals surface area (Å²) in [6.07, 6.45) is 3.81. The zero-order valence-corrected chi connectivity index (χ0v) is 18.6. The van der Waals surface area contributed by atoms with Gasteiger partial charge in [0.05, 0.1) is 17.0 Å². The Hall–Kier alpha value is -3.52. The van der Waals surface area contributed by atoms with Crippen LogP contribution in [0.2, 0.25) is 0 Å². The van der Waals surface area contributed by atoms with Crippen molar-refractivity contribution in [2.75, 3.05) is 31.1 Å². The molecule has 1 saturated heterocycles. The first-order valence-electron chi connectivity index (χ1n) is 11.0. The van der Waals surface area contributed by atoms with E-state index in [1.807, 2.05) is 42.8 Å². The van der Waals surface area contributed by atoms with Crippen molar-refractivity contribution in [2.24, 2.45) is 0 Å². The lowest BCUT2D eigenvalue weighted by Crippen LogP contribution is -2.43. The summed E-state index contributed by atoms with van der Waals surface area (Å²) < 4.78 is 36.0. The molecule has 1 N–H and O–H groups in total. The normalized spacial score (nSPS) is 14.1. The first kappa shape index (κ1) is 21.3. The molecule has 1 aliphatic heterocycles. The zero-order valence-electron chi connectivity index (χ0n) is 18.6. The van der Waals surface area contributed by atoms with Gasteiger partial charge in [0.25, 0.3) is 0 Å². The summed E-state index contributed by atoms with van der Waals surface area (Å²) in [7, 11) is 0. The highest BCUT2D eigenvalue weighted by Crippen LogP contribution is 2.32. The van der Waals surface area contributed by atoms with Gasteiger partial charge < -0.3 is 15.0 Å². The maximum absolute atomic E-state index is 14.1. The Morgan fingerprint density at radius 3 is 2.58 bits per heavy atom. The first-order valence-corrected chi connectivity index (χ1v) is 11.0. The van der Waals surface area contributed by atoms with Gasteiger partial charge in [-0.2, -0.15) is 0 Å². The fourth-order valence-corrected chi connectivity index (χ4v) is 4.26. The van der Waals surface area contributed by atoms with E-state index in [0.29, 0.717) is 11.4 Å². The van der Waals surface area contributed by atoms with Gasteiger partial charge in [-0.05, 0) is 49.7 Å². The Morgan fingerprint density at radius 1 is 1.06 bits per heavy atom. The van der Waals surface area contributed by atoms with Crippen LogP contribution in [0.25, 0.3) is 16.9 Å². The predicted molar refractivity (Wildman–Crippen MR) is 124 cm³/mol. The van der Waals surface area contributed by atoms with Gasteiger partial charge in [-0.25, -0.2) is 18.7 Å².